The molecule has 0 saturated carbocycles. The van der Waals surface area contributed by atoms with Crippen LogP contribution in [0, 0.1) is 0 Å². The fraction of sp³-hybridized carbons (Fsp3) is 0.400. The van der Waals surface area contributed by atoms with Crippen molar-refractivity contribution in [2.45, 2.75) is 33.1 Å². The Kier molecular flexibility index (Phi) is 7.74. The second kappa shape index (κ2) is 10.0. The number of nitrogens with one attached hydrogen (secondary N) is 1. The molecule has 25 heavy (non-hydrogen) atoms. The zero-order chi connectivity index (χ0) is 18.1. The van der Waals surface area contributed by atoms with Gasteiger partial charge in [-0.3, -0.25) is 4.79 Å². The van der Waals surface area contributed by atoms with Gasteiger partial charge in [-0.05, 0) is 49.1 Å². The van der Waals surface area contributed by atoms with E-state index in [0.717, 1.165) is 49.7 Å². The molecule has 2 aromatic rings. The molecule has 4 nitrogen and oxygen atoms in total. The minimum absolute atomic E-state index is 0.0571. The maximum atomic E-state index is 12.5. The van der Waals surface area contributed by atoms with E-state index in [9.17, 15) is 4.79 Å². The molecule has 5 heteroatoms. The fourth-order valence-corrected chi connectivity index (χ4v) is 2.90. The molecule has 1 heterocycles. The highest BCUT2D eigenvalue weighted by Crippen LogP contribution is 2.12. The fourth-order valence-electron chi connectivity index (χ4n) is 2.69. The molecular formula is C20H26ClN3O. The number of nitrogens with zero attached hydrogens (tertiary/aromatic N) is 2. The van der Waals surface area contributed by atoms with Gasteiger partial charge in [-0.15, -0.1) is 0 Å². The summed E-state index contributed by atoms with van der Waals surface area (Å²) >= 11 is 5.99. The maximum absolute atomic E-state index is 12.5. The number of amides is 1. The number of anilines is 1. The molecule has 0 aliphatic heterocycles. The highest BCUT2D eigenvalue weighted by Gasteiger charge is 2.14. The SMILES string of the molecule is CCCN(CCC)C(=O)c1ccc(NCCc2cccc(Cl)c2)nc1. The first-order valence-electron chi connectivity index (χ1n) is 8.87. The first kappa shape index (κ1) is 19.3. The average molecular weight is 360 g/mol. The van der Waals surface area contributed by atoms with Gasteiger partial charge in [0.15, 0.2) is 0 Å². The van der Waals surface area contributed by atoms with E-state index in [0.29, 0.717) is 5.56 Å². The van der Waals surface area contributed by atoms with Crippen LogP contribution in [-0.2, 0) is 6.42 Å². The van der Waals surface area contributed by atoms with Gasteiger partial charge in [0.2, 0.25) is 0 Å². The smallest absolute Gasteiger partial charge is 0.255 e. The monoisotopic (exact) mass is 359 g/mol. The van der Waals surface area contributed by atoms with E-state index in [2.05, 4.69) is 30.2 Å². The first-order chi connectivity index (χ1) is 12.1. The predicted molar refractivity (Wildman–Crippen MR) is 104 cm³/mol. The number of hydrogen-bond donors (Lipinski definition) is 1. The van der Waals surface area contributed by atoms with Crippen molar-refractivity contribution in [1.82, 2.24) is 9.88 Å². The summed E-state index contributed by atoms with van der Waals surface area (Å²) in [6.07, 6.45) is 4.44. The zero-order valence-corrected chi connectivity index (χ0v) is 15.7. The summed E-state index contributed by atoms with van der Waals surface area (Å²) in [5.74, 6) is 0.831. The zero-order valence-electron chi connectivity index (χ0n) is 15.0. The van der Waals surface area contributed by atoms with Gasteiger partial charge < -0.3 is 10.2 Å². The number of hydrogen-bond acceptors (Lipinski definition) is 3. The van der Waals surface area contributed by atoms with Crippen LogP contribution in [0.3, 0.4) is 0 Å². The summed E-state index contributed by atoms with van der Waals surface area (Å²) in [4.78, 5) is 18.8. The quantitative estimate of drug-likeness (QED) is 0.708. The van der Waals surface area contributed by atoms with Crippen LogP contribution in [-0.4, -0.2) is 35.4 Å². The largest absolute Gasteiger partial charge is 0.370 e. The molecule has 0 saturated heterocycles. The molecule has 1 amide bonds. The van der Waals surface area contributed by atoms with Gasteiger partial charge in [-0.2, -0.15) is 0 Å². The summed E-state index contributed by atoms with van der Waals surface area (Å²) in [5, 5.41) is 4.03. The highest BCUT2D eigenvalue weighted by atomic mass is 35.5. The number of halogens is 1. The Hall–Kier alpha value is -2.07. The van der Waals surface area contributed by atoms with E-state index in [1.807, 2.05) is 35.2 Å². The van der Waals surface area contributed by atoms with Crippen LogP contribution in [0.1, 0.15) is 42.6 Å². The topological polar surface area (TPSA) is 45.2 Å². The van der Waals surface area contributed by atoms with E-state index in [1.165, 1.54) is 5.56 Å². The van der Waals surface area contributed by atoms with Gasteiger partial charge in [0.25, 0.3) is 5.91 Å². The second-order valence-corrected chi connectivity index (χ2v) is 6.47. The van der Waals surface area contributed by atoms with E-state index in [4.69, 9.17) is 11.6 Å². The van der Waals surface area contributed by atoms with Crippen LogP contribution in [0.25, 0.3) is 0 Å². The van der Waals surface area contributed by atoms with Crippen LogP contribution in [0.15, 0.2) is 42.6 Å². The van der Waals surface area contributed by atoms with Crippen molar-refractivity contribution in [3.63, 3.8) is 0 Å². The lowest BCUT2D eigenvalue weighted by molar-refractivity contribution is 0.0755. The van der Waals surface area contributed by atoms with Gasteiger partial charge in [0, 0.05) is 30.9 Å². The Labute approximate surface area is 155 Å². The molecule has 0 radical (unpaired) electrons. The van der Waals surface area contributed by atoms with Gasteiger partial charge >= 0.3 is 0 Å². The molecule has 0 aliphatic carbocycles. The third-order valence-corrected chi connectivity index (χ3v) is 4.13. The molecule has 0 spiro atoms. The Balaban J connectivity index is 1.89. The number of carbonyl (C=O) groups is 1. The normalized spacial score (nSPS) is 10.5. The van der Waals surface area contributed by atoms with Crippen molar-refractivity contribution in [1.29, 1.82) is 0 Å². The molecule has 0 bridgehead atoms. The Morgan fingerprint density at radius 2 is 1.92 bits per heavy atom. The standard InChI is InChI=1S/C20H26ClN3O/c1-3-12-24(13-4-2)20(25)17-8-9-19(23-15-17)22-11-10-16-6-5-7-18(21)14-16/h5-9,14-15H,3-4,10-13H2,1-2H3,(H,22,23). The van der Waals surface area contributed by atoms with Crippen molar-refractivity contribution in [2.24, 2.45) is 0 Å². The number of carbonyl (C=O) groups excluding carboxylic acids is 1. The molecule has 1 aromatic carbocycles. The number of pyridine rings is 1. The first-order valence-corrected chi connectivity index (χ1v) is 9.25. The summed E-state index contributed by atoms with van der Waals surface area (Å²) in [6.45, 7) is 6.50. The average Bonchev–Trinajstić information content (AvgIpc) is 2.62. The highest BCUT2D eigenvalue weighted by molar-refractivity contribution is 6.30. The summed E-state index contributed by atoms with van der Waals surface area (Å²) < 4.78 is 0. The van der Waals surface area contributed by atoms with Crippen molar-refractivity contribution < 1.29 is 4.79 Å². The van der Waals surface area contributed by atoms with Crippen LogP contribution < -0.4 is 5.32 Å². The van der Waals surface area contributed by atoms with E-state index >= 15 is 0 Å². The third kappa shape index (κ3) is 6.05. The predicted octanol–water partition coefficient (Wildman–Crippen LogP) is 4.65. The van der Waals surface area contributed by atoms with Crippen LogP contribution >= 0.6 is 11.6 Å². The molecule has 0 fully saturated rings. The lowest BCUT2D eigenvalue weighted by Gasteiger charge is -2.21. The maximum Gasteiger partial charge on any atom is 0.255 e. The van der Waals surface area contributed by atoms with E-state index in [-0.39, 0.29) is 5.91 Å². The number of rotatable bonds is 9. The van der Waals surface area contributed by atoms with Crippen molar-refractivity contribution in [3.05, 3.63) is 58.7 Å². The number of benzene rings is 1. The van der Waals surface area contributed by atoms with Crippen molar-refractivity contribution in [3.8, 4) is 0 Å². The molecule has 1 aromatic heterocycles. The van der Waals surface area contributed by atoms with Crippen molar-refractivity contribution in [2.75, 3.05) is 25.0 Å². The van der Waals surface area contributed by atoms with E-state index in [1.54, 1.807) is 6.20 Å². The number of aromatic nitrogens is 1. The van der Waals surface area contributed by atoms with Crippen molar-refractivity contribution >= 4 is 23.3 Å². The molecule has 0 aliphatic rings. The summed E-state index contributed by atoms with van der Waals surface area (Å²) in [6, 6.07) is 11.6. The Morgan fingerprint density at radius 3 is 2.52 bits per heavy atom. The second-order valence-electron chi connectivity index (χ2n) is 6.03. The summed E-state index contributed by atoms with van der Waals surface area (Å²) in [5.41, 5.74) is 1.82. The van der Waals surface area contributed by atoms with Gasteiger partial charge in [0.1, 0.15) is 5.82 Å². The lowest BCUT2D eigenvalue weighted by Crippen LogP contribution is -2.32. The molecule has 134 valence electrons. The molecule has 0 unspecified atom stereocenters. The lowest BCUT2D eigenvalue weighted by atomic mass is 10.1. The molecule has 0 atom stereocenters. The Bertz CT molecular complexity index is 667. The van der Waals surface area contributed by atoms with Crippen LogP contribution in [0.2, 0.25) is 5.02 Å². The molecule has 1 N–H and O–H groups in total. The van der Waals surface area contributed by atoms with Crippen LogP contribution in [0.4, 0.5) is 5.82 Å². The molecule has 2 rings (SSSR count). The minimum atomic E-state index is 0.0571. The summed E-state index contributed by atoms with van der Waals surface area (Å²) in [7, 11) is 0. The van der Waals surface area contributed by atoms with Gasteiger partial charge in [0.05, 0.1) is 5.56 Å². The molecular weight excluding hydrogens is 334 g/mol. The van der Waals surface area contributed by atoms with E-state index < -0.39 is 0 Å². The van der Waals surface area contributed by atoms with Gasteiger partial charge in [-0.25, -0.2) is 4.98 Å². The Morgan fingerprint density at radius 1 is 1.16 bits per heavy atom. The third-order valence-electron chi connectivity index (χ3n) is 3.89. The van der Waals surface area contributed by atoms with Gasteiger partial charge in [-0.1, -0.05) is 37.6 Å². The van der Waals surface area contributed by atoms with Crippen LogP contribution in [0.5, 0.6) is 0 Å². The minimum Gasteiger partial charge on any atom is -0.370 e.